The monoisotopic (exact) mass is 622 g/mol. The minimum absolute atomic E-state index is 0.156. The van der Waals surface area contributed by atoms with Gasteiger partial charge in [0.2, 0.25) is 5.89 Å². The van der Waals surface area contributed by atoms with Crippen molar-refractivity contribution in [2.45, 2.75) is 78.0 Å². The first-order chi connectivity index (χ1) is 21.4. The van der Waals surface area contributed by atoms with Crippen molar-refractivity contribution in [1.82, 2.24) is 9.55 Å². The molecule has 0 bridgehead atoms. The molecule has 3 aromatic carbocycles. The molecule has 0 spiro atoms. The predicted molar refractivity (Wildman–Crippen MR) is 183 cm³/mol. The first kappa shape index (κ1) is 31.5. The number of fused-ring (bicyclic) bond motifs is 1. The second kappa shape index (κ2) is 11.7. The van der Waals surface area contributed by atoms with Gasteiger partial charge in [-0.25, -0.2) is 4.98 Å². The fourth-order valence-electron chi connectivity index (χ4n) is 6.41. The van der Waals surface area contributed by atoms with Crippen LogP contribution in [0, 0.1) is 0 Å². The van der Waals surface area contributed by atoms with Crippen molar-refractivity contribution in [3.8, 4) is 11.3 Å². The minimum Gasteiger partial charge on any atom is -0.438 e. The summed E-state index contributed by atoms with van der Waals surface area (Å²) in [5.41, 5.74) is 1.91. The summed E-state index contributed by atoms with van der Waals surface area (Å²) in [6, 6.07) is 27.4. The van der Waals surface area contributed by atoms with Crippen molar-refractivity contribution in [3.05, 3.63) is 97.1 Å². The van der Waals surface area contributed by atoms with Crippen LogP contribution in [0.25, 0.3) is 22.2 Å². The molecule has 234 valence electrons. The van der Waals surface area contributed by atoms with Gasteiger partial charge in [-0.15, -0.1) is 0 Å². The van der Waals surface area contributed by atoms with Crippen LogP contribution in [-0.4, -0.2) is 43.3 Å². The molecule has 0 atom stereocenters. The van der Waals surface area contributed by atoms with Crippen molar-refractivity contribution >= 4 is 42.2 Å². The number of nitrogens with zero attached hydrogens (tertiary/aromatic N) is 2. The third-order valence-corrected chi connectivity index (χ3v) is 14.3. The molecule has 2 aromatic heterocycles. The molecule has 1 aliphatic rings. The smallest absolute Gasteiger partial charge is 0.438 e. The van der Waals surface area contributed by atoms with E-state index in [0.29, 0.717) is 18.4 Å². The molecule has 45 heavy (non-hydrogen) atoms. The highest BCUT2D eigenvalue weighted by molar-refractivity contribution is 6.99. The average Bonchev–Trinajstić information content (AvgIpc) is 3.68. The Morgan fingerprint density at radius 3 is 2.00 bits per heavy atom. The Morgan fingerprint density at radius 1 is 0.844 bits per heavy atom. The van der Waals surface area contributed by atoms with Gasteiger partial charge in [-0.1, -0.05) is 93.6 Å². The van der Waals surface area contributed by atoms with Gasteiger partial charge in [0.05, 0.1) is 22.9 Å². The van der Waals surface area contributed by atoms with Gasteiger partial charge in [0, 0.05) is 24.3 Å². The summed E-state index contributed by atoms with van der Waals surface area (Å²) in [6.45, 7) is 15.7. The average molecular weight is 623 g/mol. The fourth-order valence-corrected chi connectivity index (χ4v) is 10.9. The number of hydrogen-bond acceptors (Lipinski definition) is 6. The van der Waals surface area contributed by atoms with Gasteiger partial charge in [0.15, 0.2) is 5.76 Å². The topological polar surface area (TPSA) is 67.9 Å². The van der Waals surface area contributed by atoms with Gasteiger partial charge in [-0.2, -0.15) is 0 Å². The zero-order valence-electron chi connectivity index (χ0n) is 27.6. The van der Waals surface area contributed by atoms with Crippen molar-refractivity contribution in [2.24, 2.45) is 0 Å². The van der Waals surface area contributed by atoms with Crippen molar-refractivity contribution < 1.29 is 22.9 Å². The summed E-state index contributed by atoms with van der Waals surface area (Å²) in [7, 11) is -1.60. The van der Waals surface area contributed by atoms with Crippen LogP contribution in [0.5, 0.6) is 0 Å². The molecule has 1 fully saturated rings. The second-order valence-electron chi connectivity index (χ2n) is 13.8. The Hall–Kier alpha value is -3.47. The summed E-state index contributed by atoms with van der Waals surface area (Å²) in [5.74, 6) is 1.18. The highest BCUT2D eigenvalue weighted by Gasteiger charge is 2.53. The van der Waals surface area contributed by atoms with Crippen molar-refractivity contribution in [3.63, 3.8) is 0 Å². The third kappa shape index (κ3) is 5.51. The van der Waals surface area contributed by atoms with Crippen LogP contribution in [0.2, 0.25) is 5.04 Å². The van der Waals surface area contributed by atoms with Crippen LogP contribution >= 0.6 is 0 Å². The predicted octanol–water partition coefficient (Wildman–Crippen LogP) is 6.28. The summed E-state index contributed by atoms with van der Waals surface area (Å²) >= 11 is 0. The second-order valence-corrected chi connectivity index (χ2v) is 18.1. The molecule has 0 aliphatic carbocycles. The molecule has 5 aromatic rings. The van der Waals surface area contributed by atoms with Crippen molar-refractivity contribution in [2.75, 3.05) is 7.11 Å². The zero-order valence-corrected chi connectivity index (χ0v) is 28.6. The number of methoxy groups -OCH3 is 1. The number of ether oxygens (including phenoxy) is 1. The van der Waals surface area contributed by atoms with E-state index >= 15 is 0 Å². The van der Waals surface area contributed by atoms with Gasteiger partial charge >= 0.3 is 7.12 Å². The van der Waals surface area contributed by atoms with E-state index in [9.17, 15) is 0 Å². The van der Waals surface area contributed by atoms with Crippen LogP contribution < -0.4 is 15.8 Å². The van der Waals surface area contributed by atoms with E-state index in [-0.39, 0.29) is 11.6 Å². The van der Waals surface area contributed by atoms with Crippen LogP contribution in [0.1, 0.15) is 54.4 Å². The molecule has 0 radical (unpaired) electrons. The molecule has 3 heterocycles. The number of rotatable bonds is 9. The molecule has 1 aliphatic heterocycles. The van der Waals surface area contributed by atoms with Gasteiger partial charge in [-0.3, -0.25) is 0 Å². The van der Waals surface area contributed by atoms with E-state index in [1.807, 2.05) is 6.07 Å². The molecule has 6 rings (SSSR count). The standard InChI is InChI=1S/C36H43BN2O5Si/c1-34(2,3)45(26-16-11-9-12-17-26,27-18-13-10-14-19-27)41-24-32-38-22-31(42-32)28-23-39(25-40-8)30-21-15-20-29(33(28)30)37-43-35(4,5)36(6,7)44-37/h9-23H,24-25H2,1-8H3. The Bertz CT molecular complexity index is 1720. The van der Waals surface area contributed by atoms with Gasteiger partial charge in [0.1, 0.15) is 13.3 Å². The lowest BCUT2D eigenvalue weighted by atomic mass is 9.76. The third-order valence-electron chi connectivity index (χ3n) is 9.36. The van der Waals surface area contributed by atoms with Crippen molar-refractivity contribution in [1.29, 1.82) is 0 Å². The Morgan fingerprint density at radius 2 is 1.44 bits per heavy atom. The maximum atomic E-state index is 7.10. The van der Waals surface area contributed by atoms with E-state index in [1.54, 1.807) is 13.3 Å². The SMILES string of the molecule is COCn1cc(-c2cnc(CO[Si](c3ccccc3)(c3ccccc3)C(C)(C)C)o2)c2c(B3OC(C)(C)C(C)(C)O3)cccc21. The number of benzene rings is 3. The fraction of sp³-hybridized carbons (Fsp3) is 0.361. The summed E-state index contributed by atoms with van der Waals surface area (Å²) in [6.07, 6.45) is 3.84. The molecule has 0 N–H and O–H groups in total. The summed E-state index contributed by atoms with van der Waals surface area (Å²) in [4.78, 5) is 4.73. The minimum atomic E-state index is -2.76. The molecule has 7 nitrogen and oxygen atoms in total. The molecule has 0 saturated carbocycles. The summed E-state index contributed by atoms with van der Waals surface area (Å²) < 4.78 is 34.2. The highest BCUT2D eigenvalue weighted by Crippen LogP contribution is 2.40. The molecule has 1 saturated heterocycles. The van der Waals surface area contributed by atoms with Gasteiger partial charge in [0.25, 0.3) is 8.32 Å². The maximum Gasteiger partial charge on any atom is 0.495 e. The van der Waals surface area contributed by atoms with Gasteiger partial charge in [-0.05, 0) is 54.6 Å². The first-order valence-electron chi connectivity index (χ1n) is 15.5. The van der Waals surface area contributed by atoms with Crippen LogP contribution in [0.4, 0.5) is 0 Å². The van der Waals surface area contributed by atoms with E-state index in [4.69, 9.17) is 27.9 Å². The van der Waals surface area contributed by atoms with E-state index in [1.165, 1.54) is 10.4 Å². The Balaban J connectivity index is 1.40. The molecular weight excluding hydrogens is 579 g/mol. The number of hydrogen-bond donors (Lipinski definition) is 0. The molecule has 9 heteroatoms. The molecule has 0 amide bonds. The normalized spacial score (nSPS) is 16.5. The quantitative estimate of drug-likeness (QED) is 0.181. The maximum absolute atomic E-state index is 7.10. The summed E-state index contributed by atoms with van der Waals surface area (Å²) in [5, 5.41) is 3.26. The molecular formula is C36H43BN2O5Si. The highest BCUT2D eigenvalue weighted by atomic mass is 28.4. The van der Waals surface area contributed by atoms with E-state index in [2.05, 4.69) is 132 Å². The van der Waals surface area contributed by atoms with Crippen LogP contribution in [0.15, 0.2) is 95.7 Å². The van der Waals surface area contributed by atoms with E-state index in [0.717, 1.165) is 21.9 Å². The lowest BCUT2D eigenvalue weighted by molar-refractivity contribution is 0.00578. The van der Waals surface area contributed by atoms with Gasteiger partial charge < -0.3 is 27.5 Å². The Kier molecular flexibility index (Phi) is 8.20. The largest absolute Gasteiger partial charge is 0.495 e. The van der Waals surface area contributed by atoms with E-state index < -0.39 is 26.6 Å². The number of oxazole rings is 1. The molecule has 0 unspecified atom stereocenters. The number of aromatic nitrogens is 2. The Labute approximate surface area is 267 Å². The van der Waals surface area contributed by atoms with Crippen LogP contribution in [0.3, 0.4) is 0 Å². The van der Waals surface area contributed by atoms with Crippen LogP contribution in [-0.2, 0) is 31.8 Å². The lowest BCUT2D eigenvalue weighted by Crippen LogP contribution is -2.66. The zero-order chi connectivity index (χ0) is 32.0. The lowest BCUT2D eigenvalue weighted by Gasteiger charge is -2.42. The first-order valence-corrected chi connectivity index (χ1v) is 17.5.